The van der Waals surface area contributed by atoms with E-state index in [1.54, 1.807) is 0 Å². The number of aromatic nitrogens is 1. The van der Waals surface area contributed by atoms with E-state index in [9.17, 15) is 0 Å². The van der Waals surface area contributed by atoms with Gasteiger partial charge in [0.25, 0.3) is 0 Å². The number of nitrogens with zero attached hydrogens (tertiary/aromatic N) is 1. The molecule has 11 aromatic rings. The number of hydrogen-bond acceptors (Lipinski definition) is 0. The normalized spacial score (nSPS) is 13.6. The summed E-state index contributed by atoms with van der Waals surface area (Å²) < 4.78 is 2.47. The monoisotopic (exact) mass is 811 g/mol. The van der Waals surface area contributed by atoms with Gasteiger partial charge in [-0.2, -0.15) is 0 Å². The summed E-state index contributed by atoms with van der Waals surface area (Å²) in [7, 11) is 0. The van der Waals surface area contributed by atoms with Crippen LogP contribution in [0.3, 0.4) is 0 Å². The predicted molar refractivity (Wildman–Crippen MR) is 265 cm³/mol. The maximum atomic E-state index is 2.47. The minimum atomic E-state index is -0.420. The predicted octanol–water partition coefficient (Wildman–Crippen LogP) is 15.6. The van der Waals surface area contributed by atoms with Gasteiger partial charge in [0.15, 0.2) is 0 Å². The highest BCUT2D eigenvalue weighted by Gasteiger charge is 2.46. The number of hydrogen-bond donors (Lipinski definition) is 0. The Kier molecular flexibility index (Phi) is 7.50. The highest BCUT2D eigenvalue weighted by molar-refractivity contribution is 6.10. The standard InChI is InChI=1S/C63H41N/c1-3-15-47(16-4-1)63(48-17-5-2-6-18-48)58-23-11-9-21-54(58)62-52(22-13-24-59(62)63)43-29-32-51-46(35-43)36-45-28-31-49(39-56(45)51)64-60-25-12-10-20-53(60)57-38-41(30-33-61(57)64)40-26-27-44-34-42-14-7-8-19-50(42)55(44)37-40/h1-33,35,37-39H,34,36H2. The number of para-hydroxylation sites is 1. The summed E-state index contributed by atoms with van der Waals surface area (Å²) in [5, 5.41) is 2.55. The van der Waals surface area contributed by atoms with Gasteiger partial charge in [0.05, 0.1) is 16.4 Å². The van der Waals surface area contributed by atoms with E-state index in [2.05, 4.69) is 229 Å². The highest BCUT2D eigenvalue weighted by atomic mass is 15.0. The van der Waals surface area contributed by atoms with Crippen molar-refractivity contribution >= 4 is 21.8 Å². The van der Waals surface area contributed by atoms with Crippen molar-refractivity contribution in [3.8, 4) is 61.3 Å². The van der Waals surface area contributed by atoms with Crippen LogP contribution in [0.5, 0.6) is 0 Å². The van der Waals surface area contributed by atoms with Gasteiger partial charge in [-0.3, -0.25) is 0 Å². The first-order valence-corrected chi connectivity index (χ1v) is 22.6. The van der Waals surface area contributed by atoms with Crippen LogP contribution in [0.25, 0.3) is 83.1 Å². The number of rotatable bonds is 5. The second kappa shape index (κ2) is 13.5. The molecule has 1 heteroatoms. The largest absolute Gasteiger partial charge is 0.309 e. The zero-order valence-corrected chi connectivity index (χ0v) is 35.2. The lowest BCUT2D eigenvalue weighted by atomic mass is 9.67. The van der Waals surface area contributed by atoms with E-state index in [1.807, 2.05) is 0 Å². The van der Waals surface area contributed by atoms with Gasteiger partial charge in [0, 0.05) is 16.5 Å². The zero-order valence-electron chi connectivity index (χ0n) is 35.2. The van der Waals surface area contributed by atoms with Gasteiger partial charge >= 0.3 is 0 Å². The Morgan fingerprint density at radius 1 is 0.312 bits per heavy atom. The maximum Gasteiger partial charge on any atom is 0.0713 e. The molecule has 0 saturated heterocycles. The fourth-order valence-electron chi connectivity index (χ4n) is 12.0. The van der Waals surface area contributed by atoms with Crippen molar-refractivity contribution in [3.63, 3.8) is 0 Å². The van der Waals surface area contributed by atoms with Gasteiger partial charge < -0.3 is 4.57 Å². The van der Waals surface area contributed by atoms with E-state index < -0.39 is 5.41 Å². The van der Waals surface area contributed by atoms with Gasteiger partial charge in [-0.25, -0.2) is 0 Å². The van der Waals surface area contributed by atoms with Crippen LogP contribution in [0.1, 0.15) is 44.5 Å². The Morgan fingerprint density at radius 2 is 0.891 bits per heavy atom. The zero-order chi connectivity index (χ0) is 41.9. The molecule has 0 N–H and O–H groups in total. The molecular weight excluding hydrogens is 771 g/mol. The van der Waals surface area contributed by atoms with Gasteiger partial charge in [-0.1, -0.05) is 188 Å². The first-order valence-electron chi connectivity index (χ1n) is 22.6. The molecule has 0 saturated carbocycles. The molecular formula is C63H41N. The van der Waals surface area contributed by atoms with Crippen molar-refractivity contribution in [2.45, 2.75) is 18.3 Å². The molecule has 1 nitrogen and oxygen atoms in total. The Bertz CT molecular complexity index is 3680. The van der Waals surface area contributed by atoms with Crippen LogP contribution in [0, 0.1) is 0 Å². The molecule has 1 heterocycles. The topological polar surface area (TPSA) is 4.93 Å². The lowest BCUT2D eigenvalue weighted by Crippen LogP contribution is -2.28. The van der Waals surface area contributed by atoms with Crippen LogP contribution in [0.2, 0.25) is 0 Å². The Labute approximate surface area is 373 Å². The molecule has 64 heavy (non-hydrogen) atoms. The van der Waals surface area contributed by atoms with E-state index in [-0.39, 0.29) is 0 Å². The maximum absolute atomic E-state index is 2.47. The molecule has 0 atom stereocenters. The summed E-state index contributed by atoms with van der Waals surface area (Å²) in [6.07, 6.45) is 1.93. The van der Waals surface area contributed by atoms with Crippen LogP contribution >= 0.6 is 0 Å². The Morgan fingerprint density at radius 3 is 1.73 bits per heavy atom. The molecule has 0 unspecified atom stereocenters. The number of fused-ring (bicyclic) bond motifs is 12. The molecule has 298 valence electrons. The SMILES string of the molecule is c1ccc(C2(c3ccccc3)c3ccccc3-c3c(-c4ccc5c(c4)Cc4ccc(-n6c7ccccc7c7cc(-c8ccc9c(c8)-c8ccccc8C9)ccc76)cc4-5)cccc32)cc1. The van der Waals surface area contributed by atoms with Crippen LogP contribution < -0.4 is 0 Å². The minimum Gasteiger partial charge on any atom is -0.309 e. The van der Waals surface area contributed by atoms with Crippen LogP contribution in [0.15, 0.2) is 224 Å². The summed E-state index contributed by atoms with van der Waals surface area (Å²) in [5.74, 6) is 0. The van der Waals surface area contributed by atoms with E-state index >= 15 is 0 Å². The smallest absolute Gasteiger partial charge is 0.0713 e. The first kappa shape index (κ1) is 35.6. The van der Waals surface area contributed by atoms with Gasteiger partial charge in [0.1, 0.15) is 0 Å². The second-order valence-electron chi connectivity index (χ2n) is 17.9. The molecule has 3 aliphatic carbocycles. The molecule has 0 amide bonds. The molecule has 0 aliphatic heterocycles. The van der Waals surface area contributed by atoms with Crippen molar-refractivity contribution in [2.24, 2.45) is 0 Å². The van der Waals surface area contributed by atoms with Crippen molar-refractivity contribution in [1.29, 1.82) is 0 Å². The van der Waals surface area contributed by atoms with Gasteiger partial charge in [0.2, 0.25) is 0 Å². The van der Waals surface area contributed by atoms with Gasteiger partial charge in [-0.05, 0) is 149 Å². The lowest BCUT2D eigenvalue weighted by molar-refractivity contribution is 0.768. The summed E-state index contributed by atoms with van der Waals surface area (Å²) in [5.41, 5.74) is 27.2. The molecule has 0 fully saturated rings. The van der Waals surface area contributed by atoms with E-state index in [1.165, 1.54) is 128 Å². The third-order valence-corrected chi connectivity index (χ3v) is 14.7. The third kappa shape index (κ3) is 4.95. The lowest BCUT2D eigenvalue weighted by Gasteiger charge is -2.34. The van der Waals surface area contributed by atoms with Crippen molar-refractivity contribution < 1.29 is 0 Å². The van der Waals surface area contributed by atoms with Crippen molar-refractivity contribution in [3.05, 3.63) is 269 Å². The van der Waals surface area contributed by atoms with Crippen LogP contribution in [-0.4, -0.2) is 4.57 Å². The summed E-state index contributed by atoms with van der Waals surface area (Å²) in [6.45, 7) is 0. The fraction of sp³-hybridized carbons (Fsp3) is 0.0476. The quantitative estimate of drug-likeness (QED) is 0.163. The van der Waals surface area contributed by atoms with Crippen molar-refractivity contribution in [2.75, 3.05) is 0 Å². The molecule has 1 aromatic heterocycles. The highest BCUT2D eigenvalue weighted by Crippen LogP contribution is 2.58. The first-order chi connectivity index (χ1) is 31.7. The minimum absolute atomic E-state index is 0.420. The van der Waals surface area contributed by atoms with Crippen LogP contribution in [-0.2, 0) is 18.3 Å². The van der Waals surface area contributed by atoms with E-state index in [4.69, 9.17) is 0 Å². The summed E-state index contributed by atoms with van der Waals surface area (Å²) in [4.78, 5) is 0. The molecule has 14 rings (SSSR count). The Hall–Kier alpha value is -8.00. The molecule has 3 aliphatic rings. The van der Waals surface area contributed by atoms with Gasteiger partial charge in [-0.15, -0.1) is 0 Å². The average molecular weight is 812 g/mol. The van der Waals surface area contributed by atoms with E-state index in [0.717, 1.165) is 12.8 Å². The molecule has 0 bridgehead atoms. The fourth-order valence-corrected chi connectivity index (χ4v) is 12.0. The van der Waals surface area contributed by atoms with Crippen LogP contribution in [0.4, 0.5) is 0 Å². The molecule has 0 radical (unpaired) electrons. The second-order valence-corrected chi connectivity index (χ2v) is 17.9. The summed E-state index contributed by atoms with van der Waals surface area (Å²) in [6, 6.07) is 84.4. The number of benzene rings is 10. The molecule has 0 spiro atoms. The Balaban J connectivity index is 0.870. The average Bonchev–Trinajstić information content (AvgIpc) is 4.10. The third-order valence-electron chi connectivity index (χ3n) is 14.7. The summed E-state index contributed by atoms with van der Waals surface area (Å²) >= 11 is 0. The van der Waals surface area contributed by atoms with Crippen molar-refractivity contribution in [1.82, 2.24) is 4.57 Å². The van der Waals surface area contributed by atoms with E-state index in [0.29, 0.717) is 0 Å². The molecule has 10 aromatic carbocycles.